The fourth-order valence-electron chi connectivity index (χ4n) is 3.90. The first-order valence-electron chi connectivity index (χ1n) is 9.25. The third-order valence-electron chi connectivity index (χ3n) is 5.21. The van der Waals surface area contributed by atoms with Crippen LogP contribution in [0.15, 0.2) is 88.1 Å². The van der Waals surface area contributed by atoms with Crippen molar-refractivity contribution in [2.24, 2.45) is 0 Å². The summed E-state index contributed by atoms with van der Waals surface area (Å²) in [7, 11) is 0. The Morgan fingerprint density at radius 3 is 2.40 bits per heavy atom. The van der Waals surface area contributed by atoms with Crippen molar-refractivity contribution in [2.75, 3.05) is 4.90 Å². The smallest absolute Gasteiger partial charge is 0.295 e. The van der Waals surface area contributed by atoms with E-state index in [1.165, 1.54) is 17.0 Å². The normalized spacial score (nSPS) is 15.4. The summed E-state index contributed by atoms with van der Waals surface area (Å²) in [5.74, 6) is -0.505. The lowest BCUT2D eigenvalue weighted by Crippen LogP contribution is -2.29. The first kappa shape index (κ1) is 17.8. The second-order valence-corrected chi connectivity index (χ2v) is 6.94. The number of hydrogen-bond donors (Lipinski definition) is 0. The van der Waals surface area contributed by atoms with Gasteiger partial charge in [0, 0.05) is 17.8 Å². The fourth-order valence-corrected chi connectivity index (χ4v) is 3.90. The molecule has 0 fully saturated rings. The third kappa shape index (κ3) is 2.60. The SMILES string of the molecule is O=C1c2oc3ccccc3c(=O)c2C(c2cccc([N+](=O)[O-])c2)N1c1ccccc1. The maximum absolute atomic E-state index is 13.4. The summed E-state index contributed by atoms with van der Waals surface area (Å²) in [5.41, 5.74) is 1.09. The summed E-state index contributed by atoms with van der Waals surface area (Å²) in [4.78, 5) is 39.0. The van der Waals surface area contributed by atoms with Crippen molar-refractivity contribution in [1.82, 2.24) is 0 Å². The minimum Gasteiger partial charge on any atom is -0.450 e. The van der Waals surface area contributed by atoms with E-state index in [9.17, 15) is 19.7 Å². The van der Waals surface area contributed by atoms with E-state index in [0.29, 0.717) is 22.2 Å². The van der Waals surface area contributed by atoms with Crippen molar-refractivity contribution in [3.05, 3.63) is 116 Å². The molecule has 1 atom stereocenters. The zero-order valence-electron chi connectivity index (χ0n) is 15.5. The van der Waals surface area contributed by atoms with E-state index in [4.69, 9.17) is 4.42 Å². The van der Waals surface area contributed by atoms with E-state index >= 15 is 0 Å². The monoisotopic (exact) mass is 398 g/mol. The van der Waals surface area contributed by atoms with Gasteiger partial charge in [-0.2, -0.15) is 0 Å². The molecular formula is C23H14N2O5. The van der Waals surface area contributed by atoms with Crippen molar-refractivity contribution >= 4 is 28.3 Å². The van der Waals surface area contributed by atoms with Crippen LogP contribution < -0.4 is 10.3 Å². The number of nitro benzene ring substituents is 1. The molecule has 0 radical (unpaired) electrons. The fraction of sp³-hybridized carbons (Fsp3) is 0.0435. The topological polar surface area (TPSA) is 93.7 Å². The van der Waals surface area contributed by atoms with Gasteiger partial charge in [0.1, 0.15) is 5.58 Å². The molecule has 3 aromatic carbocycles. The van der Waals surface area contributed by atoms with E-state index in [0.717, 1.165) is 0 Å². The second-order valence-electron chi connectivity index (χ2n) is 6.94. The Bertz CT molecular complexity index is 1380. The van der Waals surface area contributed by atoms with Gasteiger partial charge in [0.2, 0.25) is 5.76 Å². The maximum atomic E-state index is 13.4. The Labute approximate surface area is 169 Å². The molecule has 2 heterocycles. The summed E-state index contributed by atoms with van der Waals surface area (Å²) in [5, 5.41) is 11.7. The molecular weight excluding hydrogens is 384 g/mol. The number of rotatable bonds is 3. The van der Waals surface area contributed by atoms with Crippen LogP contribution >= 0.6 is 0 Å². The Morgan fingerprint density at radius 2 is 1.63 bits per heavy atom. The molecule has 1 aliphatic heterocycles. The van der Waals surface area contributed by atoms with Gasteiger partial charge in [0.05, 0.1) is 21.9 Å². The van der Waals surface area contributed by atoms with Crippen molar-refractivity contribution < 1.29 is 14.1 Å². The minimum atomic E-state index is -0.837. The molecule has 1 aliphatic rings. The average Bonchev–Trinajstić information content (AvgIpc) is 3.07. The van der Waals surface area contributed by atoms with Crippen LogP contribution in [-0.4, -0.2) is 10.8 Å². The molecule has 1 unspecified atom stereocenters. The number of carbonyl (C=O) groups is 1. The number of non-ortho nitro benzene ring substituents is 1. The van der Waals surface area contributed by atoms with E-state index < -0.39 is 16.9 Å². The van der Waals surface area contributed by atoms with Gasteiger partial charge in [-0.1, -0.05) is 42.5 Å². The highest BCUT2D eigenvalue weighted by molar-refractivity contribution is 6.10. The molecule has 0 saturated carbocycles. The van der Waals surface area contributed by atoms with Crippen LogP contribution in [0.4, 0.5) is 11.4 Å². The molecule has 30 heavy (non-hydrogen) atoms. The Morgan fingerprint density at radius 1 is 0.900 bits per heavy atom. The van der Waals surface area contributed by atoms with E-state index in [1.54, 1.807) is 60.7 Å². The number of hydrogen-bond acceptors (Lipinski definition) is 5. The molecule has 1 amide bonds. The quantitative estimate of drug-likeness (QED) is 0.375. The van der Waals surface area contributed by atoms with Crippen molar-refractivity contribution in [2.45, 2.75) is 6.04 Å². The number of anilines is 1. The summed E-state index contributed by atoms with van der Waals surface area (Å²) in [6.07, 6.45) is 0. The van der Waals surface area contributed by atoms with Gasteiger partial charge in [-0.05, 0) is 29.8 Å². The van der Waals surface area contributed by atoms with E-state index in [-0.39, 0.29) is 22.4 Å². The van der Waals surface area contributed by atoms with Gasteiger partial charge in [0.15, 0.2) is 5.43 Å². The highest BCUT2D eigenvalue weighted by Crippen LogP contribution is 2.41. The molecule has 0 spiro atoms. The van der Waals surface area contributed by atoms with Gasteiger partial charge < -0.3 is 4.42 Å². The van der Waals surface area contributed by atoms with Crippen molar-refractivity contribution in [3.63, 3.8) is 0 Å². The number of fused-ring (bicyclic) bond motifs is 2. The molecule has 0 N–H and O–H groups in total. The summed E-state index contributed by atoms with van der Waals surface area (Å²) in [6.45, 7) is 0. The third-order valence-corrected chi connectivity index (χ3v) is 5.21. The lowest BCUT2D eigenvalue weighted by Gasteiger charge is -2.25. The summed E-state index contributed by atoms with van der Waals surface area (Å²) < 4.78 is 5.85. The number of nitrogens with zero attached hydrogens (tertiary/aromatic N) is 2. The van der Waals surface area contributed by atoms with Gasteiger partial charge >= 0.3 is 0 Å². The van der Waals surface area contributed by atoms with Crippen LogP contribution in [0.3, 0.4) is 0 Å². The molecule has 7 heteroatoms. The van der Waals surface area contributed by atoms with Crippen LogP contribution in [-0.2, 0) is 0 Å². The molecule has 4 aromatic rings. The van der Waals surface area contributed by atoms with Crippen molar-refractivity contribution in [3.8, 4) is 0 Å². The molecule has 0 saturated heterocycles. The van der Waals surface area contributed by atoms with E-state index in [2.05, 4.69) is 0 Å². The van der Waals surface area contributed by atoms with Gasteiger partial charge in [-0.3, -0.25) is 24.6 Å². The number of carbonyl (C=O) groups excluding carboxylic acids is 1. The summed E-state index contributed by atoms with van der Waals surface area (Å²) in [6, 6.07) is 20.7. The highest BCUT2D eigenvalue weighted by atomic mass is 16.6. The Hall–Kier alpha value is -4.26. The predicted octanol–water partition coefficient (Wildman–Crippen LogP) is 4.45. The van der Waals surface area contributed by atoms with Crippen molar-refractivity contribution in [1.29, 1.82) is 0 Å². The average molecular weight is 398 g/mol. The largest absolute Gasteiger partial charge is 0.450 e. The van der Waals surface area contributed by atoms with Crippen LogP contribution in [0.25, 0.3) is 11.0 Å². The molecule has 7 nitrogen and oxygen atoms in total. The van der Waals surface area contributed by atoms with Crippen LogP contribution in [0.1, 0.15) is 27.7 Å². The Balaban J connectivity index is 1.83. The number of nitro groups is 1. The molecule has 5 rings (SSSR count). The molecule has 0 aliphatic carbocycles. The molecule has 0 bridgehead atoms. The van der Waals surface area contributed by atoms with Crippen LogP contribution in [0, 0.1) is 10.1 Å². The summed E-state index contributed by atoms with van der Waals surface area (Å²) >= 11 is 0. The minimum absolute atomic E-state index is 0.0425. The first-order chi connectivity index (χ1) is 14.6. The van der Waals surface area contributed by atoms with Gasteiger partial charge in [0.25, 0.3) is 11.6 Å². The number of amides is 1. The van der Waals surface area contributed by atoms with Gasteiger partial charge in [-0.15, -0.1) is 0 Å². The van der Waals surface area contributed by atoms with E-state index in [1.807, 2.05) is 6.07 Å². The zero-order chi connectivity index (χ0) is 20.8. The standard InChI is InChI=1S/C23H14N2O5/c26-21-17-11-4-5-12-18(17)30-22-19(21)20(14-7-6-10-16(13-14)25(28)29)24(23(22)27)15-8-2-1-3-9-15/h1-13,20H. The first-order valence-corrected chi connectivity index (χ1v) is 9.25. The number of para-hydroxylation sites is 2. The Kier molecular flexibility index (Phi) is 3.96. The maximum Gasteiger partial charge on any atom is 0.295 e. The molecule has 1 aromatic heterocycles. The van der Waals surface area contributed by atoms with Gasteiger partial charge in [-0.25, -0.2) is 0 Å². The highest BCUT2D eigenvalue weighted by Gasteiger charge is 2.43. The number of benzene rings is 3. The lowest BCUT2D eigenvalue weighted by atomic mass is 9.98. The molecule has 146 valence electrons. The lowest BCUT2D eigenvalue weighted by molar-refractivity contribution is -0.384. The zero-order valence-corrected chi connectivity index (χ0v) is 15.5. The predicted molar refractivity (Wildman–Crippen MR) is 111 cm³/mol. The second kappa shape index (κ2) is 6.66. The van der Waals surface area contributed by atoms with Crippen LogP contribution in [0.2, 0.25) is 0 Å². The van der Waals surface area contributed by atoms with Crippen LogP contribution in [0.5, 0.6) is 0 Å².